The van der Waals surface area contributed by atoms with E-state index < -0.39 is 24.8 Å². The molecule has 2 aromatic carbocycles. The molecule has 0 saturated heterocycles. The van der Waals surface area contributed by atoms with E-state index in [9.17, 15) is 18.4 Å². The van der Waals surface area contributed by atoms with Gasteiger partial charge >= 0.3 is 12.3 Å². The van der Waals surface area contributed by atoms with Crippen LogP contribution in [0.25, 0.3) is 0 Å². The largest absolute Gasteiger partial charge is 0.586 e. The van der Waals surface area contributed by atoms with Crippen molar-refractivity contribution in [1.29, 1.82) is 0 Å². The molecular formula is C17H13F2NO6. The SMILES string of the molecule is COC(=O)c1ccccc1OCC(=O)Nc1ccc2c(c1)OC(F)(F)O2. The number of nitrogens with one attached hydrogen (secondary N) is 1. The number of para-hydroxylation sites is 1. The summed E-state index contributed by atoms with van der Waals surface area (Å²) in [6, 6.07) is 10.1. The Kier molecular flexibility index (Phi) is 4.61. The van der Waals surface area contributed by atoms with Crippen molar-refractivity contribution < 1.29 is 37.3 Å². The Morgan fingerprint density at radius 3 is 2.62 bits per heavy atom. The molecule has 1 heterocycles. The molecule has 0 atom stereocenters. The Balaban J connectivity index is 1.62. The normalized spacial score (nSPS) is 13.8. The fourth-order valence-electron chi connectivity index (χ4n) is 2.24. The zero-order chi connectivity index (χ0) is 18.7. The second-order valence-electron chi connectivity index (χ2n) is 5.15. The number of hydrogen-bond acceptors (Lipinski definition) is 6. The highest BCUT2D eigenvalue weighted by molar-refractivity contribution is 5.94. The first-order valence-corrected chi connectivity index (χ1v) is 7.38. The number of benzene rings is 2. The highest BCUT2D eigenvalue weighted by Gasteiger charge is 2.43. The average Bonchev–Trinajstić information content (AvgIpc) is 2.92. The average molecular weight is 365 g/mol. The van der Waals surface area contributed by atoms with Gasteiger partial charge < -0.3 is 24.3 Å². The van der Waals surface area contributed by atoms with Crippen LogP contribution in [0.5, 0.6) is 17.2 Å². The zero-order valence-electron chi connectivity index (χ0n) is 13.5. The number of rotatable bonds is 5. The quantitative estimate of drug-likeness (QED) is 0.821. The minimum Gasteiger partial charge on any atom is -0.483 e. The maximum atomic E-state index is 13.0. The summed E-state index contributed by atoms with van der Waals surface area (Å²) in [4.78, 5) is 23.6. The molecule has 0 bridgehead atoms. The van der Waals surface area contributed by atoms with Gasteiger partial charge in [-0.3, -0.25) is 4.79 Å². The van der Waals surface area contributed by atoms with Crippen LogP contribution < -0.4 is 19.5 Å². The number of methoxy groups -OCH3 is 1. The van der Waals surface area contributed by atoms with Gasteiger partial charge in [0.2, 0.25) is 0 Å². The first kappa shape index (κ1) is 17.5. The number of carbonyl (C=O) groups is 2. The topological polar surface area (TPSA) is 83.1 Å². The first-order valence-electron chi connectivity index (χ1n) is 7.38. The van der Waals surface area contributed by atoms with Crippen LogP contribution in [0.3, 0.4) is 0 Å². The maximum absolute atomic E-state index is 13.0. The molecule has 3 rings (SSSR count). The molecule has 1 aliphatic heterocycles. The zero-order valence-corrected chi connectivity index (χ0v) is 13.5. The van der Waals surface area contributed by atoms with Crippen LogP contribution in [0.2, 0.25) is 0 Å². The van der Waals surface area contributed by atoms with E-state index in [2.05, 4.69) is 19.5 Å². The summed E-state index contributed by atoms with van der Waals surface area (Å²) >= 11 is 0. The number of carbonyl (C=O) groups excluding carboxylic acids is 2. The number of ether oxygens (including phenoxy) is 4. The Morgan fingerprint density at radius 2 is 1.85 bits per heavy atom. The molecule has 1 amide bonds. The molecule has 1 aliphatic rings. The number of amides is 1. The summed E-state index contributed by atoms with van der Waals surface area (Å²) in [5.74, 6) is -1.30. The molecule has 26 heavy (non-hydrogen) atoms. The number of alkyl halides is 2. The molecule has 0 spiro atoms. The molecule has 0 aliphatic carbocycles. The molecule has 0 fully saturated rings. The predicted molar refractivity (Wildman–Crippen MR) is 84.6 cm³/mol. The smallest absolute Gasteiger partial charge is 0.483 e. The van der Waals surface area contributed by atoms with E-state index in [1.807, 2.05) is 0 Å². The Morgan fingerprint density at radius 1 is 1.12 bits per heavy atom. The van der Waals surface area contributed by atoms with Crippen molar-refractivity contribution in [3.05, 3.63) is 48.0 Å². The molecular weight excluding hydrogens is 352 g/mol. The van der Waals surface area contributed by atoms with Gasteiger partial charge in [0, 0.05) is 11.8 Å². The minimum atomic E-state index is -3.73. The maximum Gasteiger partial charge on any atom is 0.586 e. The third-order valence-corrected chi connectivity index (χ3v) is 3.34. The molecule has 0 aromatic heterocycles. The summed E-state index contributed by atoms with van der Waals surface area (Å²) in [7, 11) is 1.23. The van der Waals surface area contributed by atoms with Gasteiger partial charge in [0.15, 0.2) is 18.1 Å². The van der Waals surface area contributed by atoms with Gasteiger partial charge in [-0.15, -0.1) is 8.78 Å². The number of esters is 1. The van der Waals surface area contributed by atoms with Crippen LogP contribution in [0.4, 0.5) is 14.5 Å². The summed E-state index contributed by atoms with van der Waals surface area (Å²) in [5.41, 5.74) is 0.396. The van der Waals surface area contributed by atoms with Crippen molar-refractivity contribution in [2.45, 2.75) is 6.29 Å². The molecule has 0 radical (unpaired) electrons. The second kappa shape index (κ2) is 6.87. The molecule has 0 unspecified atom stereocenters. The third-order valence-electron chi connectivity index (χ3n) is 3.34. The summed E-state index contributed by atoms with van der Waals surface area (Å²) in [6.45, 7) is -0.404. The minimum absolute atomic E-state index is 0.128. The van der Waals surface area contributed by atoms with Crippen LogP contribution >= 0.6 is 0 Å². The monoisotopic (exact) mass is 365 g/mol. The van der Waals surface area contributed by atoms with Crippen LogP contribution in [0.15, 0.2) is 42.5 Å². The Hall–Kier alpha value is -3.36. The van der Waals surface area contributed by atoms with E-state index in [0.717, 1.165) is 0 Å². The van der Waals surface area contributed by atoms with Crippen LogP contribution in [-0.4, -0.2) is 31.9 Å². The Bertz CT molecular complexity index is 855. The lowest BCUT2D eigenvalue weighted by Crippen LogP contribution is -2.25. The standard InChI is InChI=1S/C17H13F2NO6/c1-23-16(22)11-4-2-3-5-12(11)24-9-15(21)20-10-6-7-13-14(8-10)26-17(18,19)25-13/h2-8H,9H2,1H3,(H,20,21). The number of hydrogen-bond donors (Lipinski definition) is 1. The van der Waals surface area contributed by atoms with Gasteiger partial charge in [-0.2, -0.15) is 0 Å². The highest BCUT2D eigenvalue weighted by atomic mass is 19.3. The van der Waals surface area contributed by atoms with E-state index in [4.69, 9.17) is 4.74 Å². The lowest BCUT2D eigenvalue weighted by molar-refractivity contribution is -0.286. The van der Waals surface area contributed by atoms with Crippen LogP contribution in [0, 0.1) is 0 Å². The summed E-state index contributed by atoms with van der Waals surface area (Å²) in [5, 5.41) is 2.47. The van der Waals surface area contributed by atoms with Crippen molar-refractivity contribution in [1.82, 2.24) is 0 Å². The molecule has 7 nitrogen and oxygen atoms in total. The molecule has 9 heteroatoms. The van der Waals surface area contributed by atoms with Crippen molar-refractivity contribution in [3.8, 4) is 17.2 Å². The Labute approximate surface area is 146 Å². The van der Waals surface area contributed by atoms with Crippen molar-refractivity contribution >= 4 is 17.6 Å². The lowest BCUT2D eigenvalue weighted by Gasteiger charge is -2.10. The number of halogens is 2. The van der Waals surface area contributed by atoms with Gasteiger partial charge in [0.1, 0.15) is 11.3 Å². The van der Waals surface area contributed by atoms with Gasteiger partial charge in [0.25, 0.3) is 5.91 Å². The van der Waals surface area contributed by atoms with Gasteiger partial charge in [0.05, 0.1) is 7.11 Å². The van der Waals surface area contributed by atoms with E-state index in [-0.39, 0.29) is 28.5 Å². The van der Waals surface area contributed by atoms with Crippen molar-refractivity contribution in [3.63, 3.8) is 0 Å². The summed E-state index contributed by atoms with van der Waals surface area (Å²) in [6.07, 6.45) is -3.73. The van der Waals surface area contributed by atoms with E-state index in [1.54, 1.807) is 12.1 Å². The second-order valence-corrected chi connectivity index (χ2v) is 5.15. The third kappa shape index (κ3) is 3.82. The van der Waals surface area contributed by atoms with Gasteiger partial charge in [-0.1, -0.05) is 12.1 Å². The molecule has 136 valence electrons. The van der Waals surface area contributed by atoms with Crippen molar-refractivity contribution in [2.75, 3.05) is 19.0 Å². The number of fused-ring (bicyclic) bond motifs is 1. The molecule has 1 N–H and O–H groups in total. The van der Waals surface area contributed by atoms with E-state index in [1.165, 1.54) is 37.4 Å². The van der Waals surface area contributed by atoms with Crippen LogP contribution in [0.1, 0.15) is 10.4 Å². The fourth-order valence-corrected chi connectivity index (χ4v) is 2.24. The van der Waals surface area contributed by atoms with E-state index in [0.29, 0.717) is 0 Å². The first-order chi connectivity index (χ1) is 12.4. The fraction of sp³-hybridized carbons (Fsp3) is 0.176. The predicted octanol–water partition coefficient (Wildman–Crippen LogP) is 2.81. The lowest BCUT2D eigenvalue weighted by atomic mass is 10.2. The van der Waals surface area contributed by atoms with Gasteiger partial charge in [-0.25, -0.2) is 4.79 Å². The highest BCUT2D eigenvalue weighted by Crippen LogP contribution is 2.42. The number of anilines is 1. The summed E-state index contributed by atoms with van der Waals surface area (Å²) < 4.78 is 44.5. The molecule has 2 aromatic rings. The molecule has 0 saturated carbocycles. The van der Waals surface area contributed by atoms with Gasteiger partial charge in [-0.05, 0) is 24.3 Å². The van der Waals surface area contributed by atoms with E-state index >= 15 is 0 Å². The van der Waals surface area contributed by atoms with Crippen LogP contribution in [-0.2, 0) is 9.53 Å². The van der Waals surface area contributed by atoms with Crippen molar-refractivity contribution in [2.24, 2.45) is 0 Å².